The Hall–Kier alpha value is 0.574. The second-order valence-electron chi connectivity index (χ2n) is 2.32. The topological polar surface area (TPSA) is 26.3 Å². The van der Waals surface area contributed by atoms with Gasteiger partial charge < -0.3 is 11.7 Å². The maximum atomic E-state index is 10.5. The third-order valence-electron chi connectivity index (χ3n) is 1.39. The van der Waals surface area contributed by atoms with Crippen LogP contribution in [0.25, 0.3) is 0 Å². The standard InChI is InChI=1S/C6H10O2.C2H5.Y/c1-5-2-3-8-6(7)4-5;1-2;/h5H,2-4H2,1H3;1H2,2H3;/q;-1;. The summed E-state index contributed by atoms with van der Waals surface area (Å²) in [7, 11) is 0. The molecule has 1 heterocycles. The van der Waals surface area contributed by atoms with Crippen molar-refractivity contribution in [3.8, 4) is 0 Å². The van der Waals surface area contributed by atoms with Gasteiger partial charge in [0, 0.05) is 39.1 Å². The number of hydrogen-bond donors (Lipinski definition) is 0. The van der Waals surface area contributed by atoms with E-state index in [4.69, 9.17) is 4.74 Å². The van der Waals surface area contributed by atoms with E-state index in [1.54, 1.807) is 6.92 Å². The molecular formula is C8H15O2Y-. The van der Waals surface area contributed by atoms with E-state index in [2.05, 4.69) is 13.8 Å². The zero-order chi connectivity index (χ0) is 7.98. The number of carbonyl (C=O) groups excluding carboxylic acids is 1. The van der Waals surface area contributed by atoms with Crippen LogP contribution in [0.4, 0.5) is 0 Å². The summed E-state index contributed by atoms with van der Waals surface area (Å²) in [4.78, 5) is 10.5. The average molecular weight is 232 g/mol. The number of esters is 1. The van der Waals surface area contributed by atoms with E-state index >= 15 is 0 Å². The number of hydrogen-bond acceptors (Lipinski definition) is 2. The summed E-state index contributed by atoms with van der Waals surface area (Å²) in [5, 5.41) is 0. The van der Waals surface area contributed by atoms with Crippen LogP contribution in [0.2, 0.25) is 0 Å². The first-order chi connectivity index (χ1) is 4.79. The molecule has 0 aliphatic carbocycles. The molecule has 0 bridgehead atoms. The van der Waals surface area contributed by atoms with Crippen molar-refractivity contribution in [1.29, 1.82) is 0 Å². The molecule has 0 saturated carbocycles. The molecule has 0 aromatic rings. The van der Waals surface area contributed by atoms with Crippen LogP contribution in [-0.4, -0.2) is 12.6 Å². The summed E-state index contributed by atoms with van der Waals surface area (Å²) < 4.78 is 4.71. The Bertz CT molecular complexity index is 104. The average Bonchev–Trinajstić information content (AvgIpc) is 1.91. The van der Waals surface area contributed by atoms with Gasteiger partial charge in [0.15, 0.2) is 0 Å². The summed E-state index contributed by atoms with van der Waals surface area (Å²) >= 11 is 0. The molecule has 1 aliphatic rings. The Balaban J connectivity index is 0. The van der Waals surface area contributed by atoms with Crippen molar-refractivity contribution < 1.29 is 42.2 Å². The van der Waals surface area contributed by atoms with E-state index in [0.29, 0.717) is 18.9 Å². The molecule has 0 amide bonds. The normalized spacial score (nSPS) is 22.1. The minimum atomic E-state index is -0.0382. The Morgan fingerprint density at radius 2 is 2.09 bits per heavy atom. The molecule has 0 spiro atoms. The van der Waals surface area contributed by atoms with Gasteiger partial charge in [0.25, 0.3) is 0 Å². The number of carbonyl (C=O) groups is 1. The first-order valence-electron chi connectivity index (χ1n) is 3.65. The number of rotatable bonds is 0. The molecule has 1 unspecified atom stereocenters. The largest absolute Gasteiger partial charge is 0.466 e. The minimum Gasteiger partial charge on any atom is -0.466 e. The Morgan fingerprint density at radius 1 is 1.55 bits per heavy atom. The van der Waals surface area contributed by atoms with E-state index < -0.39 is 0 Å². The zero-order valence-corrected chi connectivity index (χ0v) is 10.1. The third-order valence-corrected chi connectivity index (χ3v) is 1.39. The van der Waals surface area contributed by atoms with Gasteiger partial charge >= 0.3 is 5.97 Å². The summed E-state index contributed by atoms with van der Waals surface area (Å²) in [6, 6.07) is 0. The Morgan fingerprint density at radius 3 is 2.36 bits per heavy atom. The fourth-order valence-electron chi connectivity index (χ4n) is 0.819. The Kier molecular flexibility index (Phi) is 11.1. The summed E-state index contributed by atoms with van der Waals surface area (Å²) in [6.07, 6.45) is 1.64. The molecule has 2 nitrogen and oxygen atoms in total. The molecule has 1 saturated heterocycles. The third kappa shape index (κ3) is 6.95. The molecule has 1 rings (SSSR count). The van der Waals surface area contributed by atoms with Gasteiger partial charge in [-0.15, -0.1) is 0 Å². The molecule has 1 atom stereocenters. The van der Waals surface area contributed by atoms with Gasteiger partial charge in [0.2, 0.25) is 0 Å². The van der Waals surface area contributed by atoms with E-state index in [1.165, 1.54) is 0 Å². The summed E-state index contributed by atoms with van der Waals surface area (Å²) in [6.45, 7) is 7.69. The van der Waals surface area contributed by atoms with Gasteiger partial charge in [0.1, 0.15) is 0 Å². The monoisotopic (exact) mass is 232 g/mol. The van der Waals surface area contributed by atoms with Crippen molar-refractivity contribution in [3.05, 3.63) is 6.92 Å². The fraction of sp³-hybridized carbons (Fsp3) is 0.750. The van der Waals surface area contributed by atoms with E-state index in [1.807, 2.05) is 0 Å². The second-order valence-corrected chi connectivity index (χ2v) is 2.32. The predicted octanol–water partition coefficient (Wildman–Crippen LogP) is 1.80. The van der Waals surface area contributed by atoms with Gasteiger partial charge in [-0.2, -0.15) is 6.92 Å². The van der Waals surface area contributed by atoms with Crippen molar-refractivity contribution in [1.82, 2.24) is 0 Å². The SMILES string of the molecule is CC1CCOC(=O)C1.[CH2-]C.[Y]. The van der Waals surface area contributed by atoms with Crippen LogP contribution in [0.1, 0.15) is 26.7 Å². The van der Waals surface area contributed by atoms with Crippen molar-refractivity contribution in [2.24, 2.45) is 5.92 Å². The van der Waals surface area contributed by atoms with Crippen molar-refractivity contribution in [2.75, 3.05) is 6.61 Å². The molecular weight excluding hydrogens is 217 g/mol. The van der Waals surface area contributed by atoms with Crippen molar-refractivity contribution in [3.63, 3.8) is 0 Å². The molecule has 1 fully saturated rings. The molecule has 0 N–H and O–H groups in total. The fourth-order valence-corrected chi connectivity index (χ4v) is 0.819. The number of cyclic esters (lactones) is 1. The first kappa shape index (κ1) is 14.1. The second kappa shape index (κ2) is 8.67. The molecule has 11 heavy (non-hydrogen) atoms. The van der Waals surface area contributed by atoms with Crippen molar-refractivity contribution >= 4 is 5.97 Å². The van der Waals surface area contributed by atoms with Gasteiger partial charge in [0.05, 0.1) is 6.61 Å². The van der Waals surface area contributed by atoms with E-state index in [9.17, 15) is 4.79 Å². The molecule has 0 aromatic heterocycles. The molecule has 1 radical (unpaired) electrons. The van der Waals surface area contributed by atoms with Gasteiger partial charge in [-0.05, 0) is 12.3 Å². The zero-order valence-electron chi connectivity index (χ0n) is 7.30. The van der Waals surface area contributed by atoms with Crippen LogP contribution in [0.3, 0.4) is 0 Å². The Labute approximate surface area is 94.0 Å². The van der Waals surface area contributed by atoms with Crippen LogP contribution in [0, 0.1) is 12.8 Å². The summed E-state index contributed by atoms with van der Waals surface area (Å²) in [5.41, 5.74) is 0. The first-order valence-corrected chi connectivity index (χ1v) is 3.65. The molecule has 1 aliphatic heterocycles. The van der Waals surface area contributed by atoms with E-state index in [-0.39, 0.29) is 38.7 Å². The number of ether oxygens (including phenoxy) is 1. The molecule has 63 valence electrons. The van der Waals surface area contributed by atoms with E-state index in [0.717, 1.165) is 6.42 Å². The van der Waals surface area contributed by atoms with Crippen LogP contribution in [-0.2, 0) is 42.2 Å². The van der Waals surface area contributed by atoms with Gasteiger partial charge in [-0.1, -0.05) is 6.92 Å². The summed E-state index contributed by atoms with van der Waals surface area (Å²) in [5.74, 6) is 0.500. The van der Waals surface area contributed by atoms with Crippen LogP contribution >= 0.6 is 0 Å². The smallest absolute Gasteiger partial charge is 0.306 e. The van der Waals surface area contributed by atoms with Crippen molar-refractivity contribution in [2.45, 2.75) is 26.7 Å². The van der Waals surface area contributed by atoms with Gasteiger partial charge in [-0.3, -0.25) is 4.79 Å². The maximum absolute atomic E-state index is 10.5. The van der Waals surface area contributed by atoms with Crippen LogP contribution < -0.4 is 0 Å². The van der Waals surface area contributed by atoms with Crippen LogP contribution in [0.15, 0.2) is 0 Å². The predicted molar refractivity (Wildman–Crippen MR) is 40.4 cm³/mol. The quantitative estimate of drug-likeness (QED) is 0.470. The minimum absolute atomic E-state index is 0. The maximum Gasteiger partial charge on any atom is 0.306 e. The molecule has 3 heteroatoms. The van der Waals surface area contributed by atoms with Crippen LogP contribution in [0.5, 0.6) is 0 Å². The van der Waals surface area contributed by atoms with Gasteiger partial charge in [-0.25, -0.2) is 0 Å². The molecule has 0 aromatic carbocycles.